The van der Waals surface area contributed by atoms with E-state index < -0.39 is 10.0 Å². The van der Waals surface area contributed by atoms with Crippen LogP contribution >= 0.6 is 0 Å². The SMILES string of the molecule is CCNc1ncccc1S(=O)(=O)NC1CCOC1C. The van der Waals surface area contributed by atoms with Gasteiger partial charge < -0.3 is 10.1 Å². The van der Waals surface area contributed by atoms with Gasteiger partial charge in [0.25, 0.3) is 0 Å². The molecule has 106 valence electrons. The molecule has 2 N–H and O–H groups in total. The Labute approximate surface area is 113 Å². The molecule has 1 aromatic heterocycles. The molecule has 2 rings (SSSR count). The molecule has 6 nitrogen and oxygen atoms in total. The summed E-state index contributed by atoms with van der Waals surface area (Å²) in [5.41, 5.74) is 0. The van der Waals surface area contributed by atoms with E-state index in [0.29, 0.717) is 25.4 Å². The van der Waals surface area contributed by atoms with Crippen LogP contribution in [-0.4, -0.2) is 38.7 Å². The summed E-state index contributed by atoms with van der Waals surface area (Å²) in [7, 11) is -3.58. The number of ether oxygens (including phenoxy) is 1. The highest BCUT2D eigenvalue weighted by molar-refractivity contribution is 7.89. The minimum absolute atomic E-state index is 0.103. The molecule has 0 amide bonds. The molecule has 0 spiro atoms. The van der Waals surface area contributed by atoms with E-state index in [4.69, 9.17) is 4.74 Å². The molecule has 1 fully saturated rings. The van der Waals surface area contributed by atoms with Crippen LogP contribution in [0.25, 0.3) is 0 Å². The fourth-order valence-electron chi connectivity index (χ4n) is 2.06. The lowest BCUT2D eigenvalue weighted by Gasteiger charge is -2.17. The van der Waals surface area contributed by atoms with Crippen LogP contribution in [0.2, 0.25) is 0 Å². The van der Waals surface area contributed by atoms with Crippen LogP contribution in [0.4, 0.5) is 5.82 Å². The zero-order chi connectivity index (χ0) is 13.9. The van der Waals surface area contributed by atoms with Gasteiger partial charge in [0.2, 0.25) is 10.0 Å². The predicted octanol–water partition coefficient (Wildman–Crippen LogP) is 0.969. The van der Waals surface area contributed by atoms with Crippen molar-refractivity contribution < 1.29 is 13.2 Å². The molecule has 2 atom stereocenters. The van der Waals surface area contributed by atoms with Crippen LogP contribution in [0.15, 0.2) is 23.2 Å². The molecular weight excluding hydrogens is 266 g/mol. The van der Waals surface area contributed by atoms with Crippen molar-refractivity contribution in [3.63, 3.8) is 0 Å². The molecule has 0 bridgehead atoms. The molecule has 1 aliphatic rings. The van der Waals surface area contributed by atoms with E-state index in [1.807, 2.05) is 13.8 Å². The number of sulfonamides is 1. The average molecular weight is 285 g/mol. The molecular formula is C12H19N3O3S. The number of hydrogen-bond acceptors (Lipinski definition) is 5. The minimum atomic E-state index is -3.58. The largest absolute Gasteiger partial charge is 0.377 e. The lowest BCUT2D eigenvalue weighted by atomic mass is 10.2. The van der Waals surface area contributed by atoms with E-state index >= 15 is 0 Å². The summed E-state index contributed by atoms with van der Waals surface area (Å²) in [6, 6.07) is 2.98. The van der Waals surface area contributed by atoms with Gasteiger partial charge in [-0.25, -0.2) is 18.1 Å². The zero-order valence-electron chi connectivity index (χ0n) is 11.1. The Morgan fingerprint density at radius 3 is 2.95 bits per heavy atom. The van der Waals surface area contributed by atoms with Gasteiger partial charge >= 0.3 is 0 Å². The maximum Gasteiger partial charge on any atom is 0.244 e. The van der Waals surface area contributed by atoms with Crippen LogP contribution in [0.1, 0.15) is 20.3 Å². The highest BCUT2D eigenvalue weighted by atomic mass is 32.2. The maximum atomic E-state index is 12.4. The van der Waals surface area contributed by atoms with Crippen molar-refractivity contribution in [2.45, 2.75) is 37.3 Å². The topological polar surface area (TPSA) is 80.3 Å². The smallest absolute Gasteiger partial charge is 0.244 e. The van der Waals surface area contributed by atoms with Crippen molar-refractivity contribution in [1.82, 2.24) is 9.71 Å². The molecule has 7 heteroatoms. The number of nitrogens with zero attached hydrogens (tertiary/aromatic N) is 1. The first-order valence-corrected chi connectivity index (χ1v) is 7.85. The normalized spacial score (nSPS) is 23.5. The fourth-order valence-corrected chi connectivity index (χ4v) is 3.53. The molecule has 0 aromatic carbocycles. The quantitative estimate of drug-likeness (QED) is 0.842. The van der Waals surface area contributed by atoms with Crippen LogP contribution in [0.3, 0.4) is 0 Å². The Morgan fingerprint density at radius 2 is 2.32 bits per heavy atom. The molecule has 1 aromatic rings. The lowest BCUT2D eigenvalue weighted by molar-refractivity contribution is 0.117. The van der Waals surface area contributed by atoms with Gasteiger partial charge in [-0.1, -0.05) is 0 Å². The Bertz CT molecular complexity index is 533. The van der Waals surface area contributed by atoms with E-state index in [-0.39, 0.29) is 17.0 Å². The van der Waals surface area contributed by atoms with Crippen LogP contribution in [-0.2, 0) is 14.8 Å². The molecule has 0 saturated carbocycles. The Hall–Kier alpha value is -1.18. The summed E-state index contributed by atoms with van der Waals surface area (Å²) in [6.45, 7) is 4.96. The Kier molecular flexibility index (Phi) is 4.38. The summed E-state index contributed by atoms with van der Waals surface area (Å²) >= 11 is 0. The summed E-state index contributed by atoms with van der Waals surface area (Å²) in [5, 5.41) is 2.96. The van der Waals surface area contributed by atoms with Gasteiger partial charge in [-0.3, -0.25) is 0 Å². The van der Waals surface area contributed by atoms with Crippen molar-refractivity contribution in [2.75, 3.05) is 18.5 Å². The van der Waals surface area contributed by atoms with Crippen molar-refractivity contribution >= 4 is 15.8 Å². The third kappa shape index (κ3) is 3.23. The van der Waals surface area contributed by atoms with Gasteiger partial charge in [0, 0.05) is 19.3 Å². The first-order chi connectivity index (χ1) is 9.04. The number of rotatable bonds is 5. The average Bonchev–Trinajstić information content (AvgIpc) is 2.75. The first kappa shape index (κ1) is 14.2. The molecule has 1 saturated heterocycles. The monoisotopic (exact) mass is 285 g/mol. The van der Waals surface area contributed by atoms with Crippen molar-refractivity contribution in [2.24, 2.45) is 0 Å². The van der Waals surface area contributed by atoms with Gasteiger partial charge in [-0.05, 0) is 32.4 Å². The summed E-state index contributed by atoms with van der Waals surface area (Å²) in [4.78, 5) is 4.24. The lowest BCUT2D eigenvalue weighted by Crippen LogP contribution is -2.39. The number of hydrogen-bond donors (Lipinski definition) is 2. The van der Waals surface area contributed by atoms with Gasteiger partial charge in [0.15, 0.2) is 0 Å². The molecule has 2 unspecified atom stereocenters. The maximum absolute atomic E-state index is 12.4. The third-order valence-corrected chi connectivity index (χ3v) is 4.61. The van der Waals surface area contributed by atoms with E-state index in [2.05, 4.69) is 15.0 Å². The number of aromatic nitrogens is 1. The van der Waals surface area contributed by atoms with Crippen molar-refractivity contribution in [3.05, 3.63) is 18.3 Å². The second kappa shape index (κ2) is 5.85. The number of anilines is 1. The fraction of sp³-hybridized carbons (Fsp3) is 0.583. The van der Waals surface area contributed by atoms with Gasteiger partial charge in [0.05, 0.1) is 12.1 Å². The third-order valence-electron chi connectivity index (χ3n) is 3.09. The van der Waals surface area contributed by atoms with E-state index in [1.165, 1.54) is 0 Å². The van der Waals surface area contributed by atoms with Gasteiger partial charge in [-0.15, -0.1) is 0 Å². The van der Waals surface area contributed by atoms with E-state index in [1.54, 1.807) is 18.3 Å². The molecule has 0 radical (unpaired) electrons. The molecule has 0 aliphatic carbocycles. The zero-order valence-corrected chi connectivity index (χ0v) is 11.9. The number of nitrogens with one attached hydrogen (secondary N) is 2. The molecule has 1 aliphatic heterocycles. The molecule has 19 heavy (non-hydrogen) atoms. The van der Waals surface area contributed by atoms with Gasteiger partial charge in [-0.2, -0.15) is 0 Å². The van der Waals surface area contributed by atoms with Crippen LogP contribution in [0.5, 0.6) is 0 Å². The summed E-state index contributed by atoms with van der Waals surface area (Å²) < 4.78 is 32.8. The standard InChI is InChI=1S/C12H19N3O3S/c1-3-13-12-11(5-4-7-14-12)19(16,17)15-10-6-8-18-9(10)2/h4-5,7,9-10,15H,3,6,8H2,1-2H3,(H,13,14). The van der Waals surface area contributed by atoms with E-state index in [0.717, 1.165) is 0 Å². The van der Waals surface area contributed by atoms with Crippen LogP contribution < -0.4 is 10.0 Å². The Morgan fingerprint density at radius 1 is 1.53 bits per heavy atom. The van der Waals surface area contributed by atoms with Crippen LogP contribution in [0, 0.1) is 0 Å². The van der Waals surface area contributed by atoms with E-state index in [9.17, 15) is 8.42 Å². The van der Waals surface area contributed by atoms with Crippen molar-refractivity contribution in [3.8, 4) is 0 Å². The first-order valence-electron chi connectivity index (χ1n) is 6.37. The predicted molar refractivity (Wildman–Crippen MR) is 72.5 cm³/mol. The highest BCUT2D eigenvalue weighted by Crippen LogP contribution is 2.21. The second-order valence-electron chi connectivity index (χ2n) is 4.47. The van der Waals surface area contributed by atoms with Gasteiger partial charge in [0.1, 0.15) is 10.7 Å². The summed E-state index contributed by atoms with van der Waals surface area (Å²) in [6.07, 6.45) is 2.16. The van der Waals surface area contributed by atoms with Crippen molar-refractivity contribution in [1.29, 1.82) is 0 Å². The minimum Gasteiger partial charge on any atom is -0.377 e. The summed E-state index contributed by atoms with van der Waals surface area (Å²) in [5.74, 6) is 0.379. The number of pyridine rings is 1. The molecule has 2 heterocycles. The Balaban J connectivity index is 2.24. The highest BCUT2D eigenvalue weighted by Gasteiger charge is 2.30. The second-order valence-corrected chi connectivity index (χ2v) is 6.16.